The van der Waals surface area contributed by atoms with Crippen molar-refractivity contribution in [3.63, 3.8) is 0 Å². The summed E-state index contributed by atoms with van der Waals surface area (Å²) in [6.07, 6.45) is 7.48. The van der Waals surface area contributed by atoms with Crippen LogP contribution in [0.3, 0.4) is 0 Å². The Bertz CT molecular complexity index is 289. The van der Waals surface area contributed by atoms with E-state index in [2.05, 4.69) is 16.7 Å². The van der Waals surface area contributed by atoms with Gasteiger partial charge in [-0.1, -0.05) is 0 Å². The van der Waals surface area contributed by atoms with Crippen molar-refractivity contribution in [1.82, 2.24) is 4.90 Å². The van der Waals surface area contributed by atoms with E-state index < -0.39 is 0 Å². The van der Waals surface area contributed by atoms with Crippen LogP contribution >= 0.6 is 0 Å². The van der Waals surface area contributed by atoms with Gasteiger partial charge >= 0.3 is 5.97 Å². The molecule has 2 rings (SSSR count). The lowest BCUT2D eigenvalue weighted by atomic mass is 9.73. The van der Waals surface area contributed by atoms with Crippen molar-refractivity contribution in [2.24, 2.45) is 0 Å². The van der Waals surface area contributed by atoms with Gasteiger partial charge in [-0.2, -0.15) is 0 Å². The summed E-state index contributed by atoms with van der Waals surface area (Å²) in [7, 11) is 3.62. The Hall–Kier alpha value is -0.610. The summed E-state index contributed by atoms with van der Waals surface area (Å²) < 4.78 is 10.6. The topological polar surface area (TPSA) is 38.8 Å². The summed E-state index contributed by atoms with van der Waals surface area (Å²) in [5.41, 5.74) is 0.208. The van der Waals surface area contributed by atoms with Crippen molar-refractivity contribution in [2.75, 3.05) is 27.3 Å². The number of carbonyl (C=O) groups is 1. The van der Waals surface area contributed by atoms with E-state index >= 15 is 0 Å². The van der Waals surface area contributed by atoms with Crippen LogP contribution in [0.4, 0.5) is 0 Å². The number of hydrogen-bond donors (Lipinski definition) is 0. The first-order valence-corrected chi connectivity index (χ1v) is 7.06. The Morgan fingerprint density at radius 3 is 2.89 bits per heavy atom. The first-order valence-electron chi connectivity index (χ1n) is 7.06. The highest BCUT2D eigenvalue weighted by Gasteiger charge is 2.43. The number of esters is 1. The average Bonchev–Trinajstić information content (AvgIpc) is 2.36. The Balaban J connectivity index is 1.71. The Kier molecular flexibility index (Phi) is 4.62. The second-order valence-electron chi connectivity index (χ2n) is 5.69. The van der Waals surface area contributed by atoms with Gasteiger partial charge in [-0.05, 0) is 52.1 Å². The molecular formula is C14H25NO3. The zero-order valence-corrected chi connectivity index (χ0v) is 11.6. The van der Waals surface area contributed by atoms with Crippen LogP contribution in [-0.2, 0) is 14.3 Å². The lowest BCUT2D eigenvalue weighted by Gasteiger charge is -2.49. The Morgan fingerprint density at radius 2 is 2.28 bits per heavy atom. The summed E-state index contributed by atoms with van der Waals surface area (Å²) in [4.78, 5) is 13.5. The normalized spacial score (nSPS) is 26.1. The van der Waals surface area contributed by atoms with Crippen molar-refractivity contribution in [1.29, 1.82) is 0 Å². The fraction of sp³-hybridized carbons (Fsp3) is 0.929. The van der Waals surface area contributed by atoms with Gasteiger partial charge in [0.2, 0.25) is 0 Å². The third-order valence-corrected chi connectivity index (χ3v) is 4.47. The Labute approximate surface area is 110 Å². The lowest BCUT2D eigenvalue weighted by Crippen LogP contribution is -2.51. The van der Waals surface area contributed by atoms with Crippen LogP contribution in [0.5, 0.6) is 0 Å². The predicted octanol–water partition coefficient (Wildman–Crippen LogP) is 1.97. The van der Waals surface area contributed by atoms with Crippen molar-refractivity contribution < 1.29 is 14.3 Å². The number of ether oxygens (including phenoxy) is 2. The average molecular weight is 255 g/mol. The van der Waals surface area contributed by atoms with Crippen LogP contribution in [0.1, 0.15) is 44.9 Å². The minimum Gasteiger partial charge on any atom is -0.469 e. The van der Waals surface area contributed by atoms with Crippen LogP contribution in [-0.4, -0.2) is 49.8 Å². The van der Waals surface area contributed by atoms with E-state index in [-0.39, 0.29) is 11.6 Å². The molecule has 1 atom stereocenters. The first kappa shape index (κ1) is 13.8. The molecule has 0 aromatic rings. The molecule has 0 amide bonds. The highest BCUT2D eigenvalue weighted by atomic mass is 16.5. The highest BCUT2D eigenvalue weighted by molar-refractivity contribution is 5.69. The number of nitrogens with zero attached hydrogens (tertiary/aromatic N) is 1. The molecule has 1 saturated heterocycles. The van der Waals surface area contributed by atoms with Gasteiger partial charge in [0.15, 0.2) is 0 Å². The number of methoxy groups -OCH3 is 1. The molecule has 1 unspecified atom stereocenters. The van der Waals surface area contributed by atoms with Gasteiger partial charge in [-0.25, -0.2) is 0 Å². The molecule has 0 aromatic heterocycles. The molecule has 0 bridgehead atoms. The van der Waals surface area contributed by atoms with Gasteiger partial charge in [0, 0.05) is 19.1 Å². The molecule has 0 radical (unpaired) electrons. The SMILES string of the molecule is COC(=O)CCCN(C)C1CCOC2(CCC2)C1. The van der Waals surface area contributed by atoms with E-state index in [0.717, 1.165) is 26.0 Å². The predicted molar refractivity (Wildman–Crippen MR) is 69.4 cm³/mol. The fourth-order valence-electron chi connectivity index (χ4n) is 3.06. The van der Waals surface area contributed by atoms with Gasteiger partial charge in [-0.3, -0.25) is 4.79 Å². The molecule has 4 nitrogen and oxygen atoms in total. The molecule has 1 heterocycles. The van der Waals surface area contributed by atoms with Crippen LogP contribution in [0.25, 0.3) is 0 Å². The molecule has 0 N–H and O–H groups in total. The Morgan fingerprint density at radius 1 is 1.50 bits per heavy atom. The molecule has 2 aliphatic rings. The summed E-state index contributed by atoms with van der Waals surface area (Å²) in [5.74, 6) is -0.106. The minimum absolute atomic E-state index is 0.106. The van der Waals surface area contributed by atoms with Crippen LogP contribution in [0.15, 0.2) is 0 Å². The van der Waals surface area contributed by atoms with Gasteiger partial charge in [0.1, 0.15) is 0 Å². The molecule has 1 aliphatic carbocycles. The molecule has 1 saturated carbocycles. The maximum absolute atomic E-state index is 11.1. The third-order valence-electron chi connectivity index (χ3n) is 4.47. The number of hydrogen-bond acceptors (Lipinski definition) is 4. The minimum atomic E-state index is -0.106. The second kappa shape index (κ2) is 6.02. The van der Waals surface area contributed by atoms with Crippen molar-refractivity contribution in [2.45, 2.75) is 56.6 Å². The first-order chi connectivity index (χ1) is 8.65. The lowest BCUT2D eigenvalue weighted by molar-refractivity contribution is -0.147. The number of carbonyl (C=O) groups excluding carboxylic acids is 1. The van der Waals surface area contributed by atoms with Crippen molar-refractivity contribution in [3.05, 3.63) is 0 Å². The van der Waals surface area contributed by atoms with Gasteiger partial charge in [0.05, 0.1) is 12.7 Å². The summed E-state index contributed by atoms with van der Waals surface area (Å²) in [6.45, 7) is 1.86. The zero-order valence-electron chi connectivity index (χ0n) is 11.6. The van der Waals surface area contributed by atoms with Crippen LogP contribution in [0, 0.1) is 0 Å². The number of rotatable bonds is 5. The molecule has 18 heavy (non-hydrogen) atoms. The molecule has 104 valence electrons. The summed E-state index contributed by atoms with van der Waals surface area (Å²) >= 11 is 0. The molecular weight excluding hydrogens is 230 g/mol. The maximum Gasteiger partial charge on any atom is 0.305 e. The second-order valence-corrected chi connectivity index (χ2v) is 5.69. The highest BCUT2D eigenvalue weighted by Crippen LogP contribution is 2.43. The monoisotopic (exact) mass is 255 g/mol. The van der Waals surface area contributed by atoms with Crippen molar-refractivity contribution >= 4 is 5.97 Å². The third kappa shape index (κ3) is 3.23. The maximum atomic E-state index is 11.1. The quantitative estimate of drug-likeness (QED) is 0.704. The van der Waals surface area contributed by atoms with E-state index in [1.54, 1.807) is 0 Å². The summed E-state index contributed by atoms with van der Waals surface area (Å²) in [5, 5.41) is 0. The molecule has 1 aliphatic heterocycles. The molecule has 4 heteroatoms. The van der Waals surface area contributed by atoms with E-state index in [1.807, 2.05) is 0 Å². The van der Waals surface area contributed by atoms with Gasteiger partial charge in [-0.15, -0.1) is 0 Å². The van der Waals surface area contributed by atoms with E-state index in [0.29, 0.717) is 12.5 Å². The van der Waals surface area contributed by atoms with Crippen LogP contribution in [0.2, 0.25) is 0 Å². The van der Waals surface area contributed by atoms with Gasteiger partial charge < -0.3 is 14.4 Å². The standard InChI is InChI=1S/C14H25NO3/c1-15(9-3-5-13(16)17-2)12-6-10-18-14(11-12)7-4-8-14/h12H,3-11H2,1-2H3. The fourth-order valence-corrected chi connectivity index (χ4v) is 3.06. The van der Waals surface area contributed by atoms with E-state index in [4.69, 9.17) is 4.74 Å². The van der Waals surface area contributed by atoms with E-state index in [9.17, 15) is 4.79 Å². The molecule has 1 spiro atoms. The molecule has 0 aromatic carbocycles. The molecule has 2 fully saturated rings. The summed E-state index contributed by atoms with van der Waals surface area (Å²) in [6, 6.07) is 0.622. The smallest absolute Gasteiger partial charge is 0.305 e. The largest absolute Gasteiger partial charge is 0.469 e. The van der Waals surface area contributed by atoms with E-state index in [1.165, 1.54) is 32.8 Å². The van der Waals surface area contributed by atoms with Crippen LogP contribution < -0.4 is 0 Å². The zero-order chi connectivity index (χ0) is 13.0. The van der Waals surface area contributed by atoms with Crippen molar-refractivity contribution in [3.8, 4) is 0 Å². The van der Waals surface area contributed by atoms with Gasteiger partial charge in [0.25, 0.3) is 0 Å².